The molecule has 3 heterocycles. The molecule has 28 heavy (non-hydrogen) atoms. The number of benzene rings is 1. The summed E-state index contributed by atoms with van der Waals surface area (Å²) in [6.07, 6.45) is 1.85. The standard InChI is InChI=1S/C20H23ClFN5O/c21-18-7-8-19(24-23-18)27-9-1-2-15(14-27)20(28)26-12-10-25(11-13-26)17-5-3-16(22)4-6-17/h3-8,15H,1-2,9-14H2/t15-/m1/s1. The Labute approximate surface area is 168 Å². The highest BCUT2D eigenvalue weighted by Crippen LogP contribution is 2.24. The molecule has 0 radical (unpaired) electrons. The van der Waals surface area contributed by atoms with Crippen molar-refractivity contribution in [2.45, 2.75) is 12.8 Å². The molecule has 8 heteroatoms. The summed E-state index contributed by atoms with van der Waals surface area (Å²) in [5.74, 6) is 0.724. The molecular formula is C20H23ClFN5O. The van der Waals surface area contributed by atoms with Crippen LogP contribution >= 0.6 is 11.6 Å². The zero-order valence-electron chi connectivity index (χ0n) is 15.6. The summed E-state index contributed by atoms with van der Waals surface area (Å²) in [4.78, 5) is 19.3. The van der Waals surface area contributed by atoms with E-state index in [-0.39, 0.29) is 17.6 Å². The van der Waals surface area contributed by atoms with Crippen LogP contribution in [0.1, 0.15) is 12.8 Å². The van der Waals surface area contributed by atoms with Gasteiger partial charge >= 0.3 is 0 Å². The quantitative estimate of drug-likeness (QED) is 0.788. The monoisotopic (exact) mass is 403 g/mol. The minimum absolute atomic E-state index is 0.0244. The van der Waals surface area contributed by atoms with Gasteiger partial charge in [-0.15, -0.1) is 10.2 Å². The molecule has 0 unspecified atom stereocenters. The molecule has 2 saturated heterocycles. The second-order valence-electron chi connectivity index (χ2n) is 7.29. The second kappa shape index (κ2) is 8.31. The molecule has 0 spiro atoms. The zero-order chi connectivity index (χ0) is 19.5. The van der Waals surface area contributed by atoms with Crippen LogP contribution < -0.4 is 9.80 Å². The van der Waals surface area contributed by atoms with Crippen molar-refractivity contribution in [2.75, 3.05) is 49.1 Å². The van der Waals surface area contributed by atoms with Gasteiger partial charge in [-0.25, -0.2) is 4.39 Å². The Bertz CT molecular complexity index is 808. The molecule has 0 bridgehead atoms. The van der Waals surface area contributed by atoms with Gasteiger partial charge in [0.05, 0.1) is 5.92 Å². The lowest BCUT2D eigenvalue weighted by Crippen LogP contribution is -2.52. The van der Waals surface area contributed by atoms with E-state index < -0.39 is 0 Å². The Kier molecular flexibility index (Phi) is 5.62. The first kappa shape index (κ1) is 18.9. The third-order valence-electron chi connectivity index (χ3n) is 5.50. The summed E-state index contributed by atoms with van der Waals surface area (Å²) in [6.45, 7) is 4.43. The minimum Gasteiger partial charge on any atom is -0.368 e. The Morgan fingerprint density at radius 3 is 2.39 bits per heavy atom. The number of aromatic nitrogens is 2. The van der Waals surface area contributed by atoms with Crippen LogP contribution in [-0.2, 0) is 4.79 Å². The fourth-order valence-electron chi connectivity index (χ4n) is 3.96. The van der Waals surface area contributed by atoms with Crippen molar-refractivity contribution < 1.29 is 9.18 Å². The average molecular weight is 404 g/mol. The first-order valence-corrected chi connectivity index (χ1v) is 10.0. The lowest BCUT2D eigenvalue weighted by Gasteiger charge is -2.40. The van der Waals surface area contributed by atoms with Gasteiger partial charge in [-0.2, -0.15) is 0 Å². The lowest BCUT2D eigenvalue weighted by molar-refractivity contribution is -0.136. The molecule has 1 atom stereocenters. The van der Waals surface area contributed by atoms with Crippen LogP contribution in [-0.4, -0.2) is 60.3 Å². The van der Waals surface area contributed by atoms with Gasteiger partial charge in [0, 0.05) is 45.0 Å². The van der Waals surface area contributed by atoms with Gasteiger partial charge in [-0.05, 0) is 49.2 Å². The van der Waals surface area contributed by atoms with Gasteiger partial charge in [0.2, 0.25) is 5.91 Å². The fraction of sp³-hybridized carbons (Fsp3) is 0.450. The highest BCUT2D eigenvalue weighted by molar-refractivity contribution is 6.29. The summed E-state index contributed by atoms with van der Waals surface area (Å²) < 4.78 is 13.1. The Hall–Kier alpha value is -2.41. The van der Waals surface area contributed by atoms with E-state index >= 15 is 0 Å². The molecule has 2 fully saturated rings. The van der Waals surface area contributed by atoms with E-state index in [1.807, 2.05) is 11.0 Å². The molecule has 1 aromatic carbocycles. The number of carbonyl (C=O) groups is 1. The van der Waals surface area contributed by atoms with Crippen LogP contribution in [0.3, 0.4) is 0 Å². The fourth-order valence-corrected chi connectivity index (χ4v) is 4.06. The van der Waals surface area contributed by atoms with Crippen molar-refractivity contribution in [3.63, 3.8) is 0 Å². The van der Waals surface area contributed by atoms with E-state index in [1.54, 1.807) is 18.2 Å². The highest BCUT2D eigenvalue weighted by Gasteiger charge is 2.31. The summed E-state index contributed by atoms with van der Waals surface area (Å²) >= 11 is 5.82. The Balaban J connectivity index is 1.34. The first-order valence-electron chi connectivity index (χ1n) is 9.63. The number of anilines is 2. The van der Waals surface area contributed by atoms with Crippen molar-refractivity contribution in [3.8, 4) is 0 Å². The maximum absolute atomic E-state index is 13.1. The SMILES string of the molecule is O=C([C@@H]1CCCN(c2ccc(Cl)nn2)C1)N1CCN(c2ccc(F)cc2)CC1. The molecule has 0 N–H and O–H groups in total. The van der Waals surface area contributed by atoms with E-state index in [4.69, 9.17) is 11.6 Å². The number of piperazine rings is 1. The lowest BCUT2D eigenvalue weighted by atomic mass is 9.96. The van der Waals surface area contributed by atoms with Crippen molar-refractivity contribution in [2.24, 2.45) is 5.92 Å². The van der Waals surface area contributed by atoms with Gasteiger partial charge < -0.3 is 14.7 Å². The summed E-state index contributed by atoms with van der Waals surface area (Å²) in [5.41, 5.74) is 0.999. The summed E-state index contributed by atoms with van der Waals surface area (Å²) in [7, 11) is 0. The number of amides is 1. The van der Waals surface area contributed by atoms with E-state index in [9.17, 15) is 9.18 Å². The van der Waals surface area contributed by atoms with Crippen molar-refractivity contribution in [1.29, 1.82) is 0 Å². The Morgan fingerprint density at radius 1 is 0.964 bits per heavy atom. The van der Waals surface area contributed by atoms with E-state index in [0.717, 1.165) is 44.0 Å². The number of hydrogen-bond donors (Lipinski definition) is 0. The molecule has 2 aliphatic heterocycles. The van der Waals surface area contributed by atoms with Crippen LogP contribution in [0.5, 0.6) is 0 Å². The Morgan fingerprint density at radius 2 is 1.71 bits per heavy atom. The molecule has 1 aromatic heterocycles. The molecule has 0 aliphatic carbocycles. The van der Waals surface area contributed by atoms with Crippen LogP contribution in [0.25, 0.3) is 0 Å². The number of hydrogen-bond acceptors (Lipinski definition) is 5. The van der Waals surface area contributed by atoms with Crippen LogP contribution in [0.4, 0.5) is 15.9 Å². The first-order chi connectivity index (χ1) is 13.6. The molecule has 4 rings (SSSR count). The summed E-state index contributed by atoms with van der Waals surface area (Å²) in [5, 5.41) is 8.42. The molecular weight excluding hydrogens is 381 g/mol. The van der Waals surface area contributed by atoms with E-state index in [1.165, 1.54) is 12.1 Å². The largest absolute Gasteiger partial charge is 0.368 e. The number of carbonyl (C=O) groups excluding carboxylic acids is 1. The van der Waals surface area contributed by atoms with E-state index in [0.29, 0.717) is 24.8 Å². The summed E-state index contributed by atoms with van der Waals surface area (Å²) in [6, 6.07) is 10.1. The van der Waals surface area contributed by atoms with Gasteiger partial charge in [0.25, 0.3) is 0 Å². The third kappa shape index (κ3) is 4.19. The topological polar surface area (TPSA) is 52.6 Å². The molecule has 6 nitrogen and oxygen atoms in total. The molecule has 148 valence electrons. The van der Waals surface area contributed by atoms with Crippen LogP contribution in [0.2, 0.25) is 5.15 Å². The second-order valence-corrected chi connectivity index (χ2v) is 7.68. The average Bonchev–Trinajstić information content (AvgIpc) is 2.74. The molecule has 1 amide bonds. The number of piperidine rings is 1. The van der Waals surface area contributed by atoms with Crippen molar-refractivity contribution in [3.05, 3.63) is 47.4 Å². The number of halogens is 2. The predicted molar refractivity (Wildman–Crippen MR) is 107 cm³/mol. The van der Waals surface area contributed by atoms with Crippen LogP contribution in [0.15, 0.2) is 36.4 Å². The van der Waals surface area contributed by atoms with Gasteiger partial charge in [-0.3, -0.25) is 4.79 Å². The zero-order valence-corrected chi connectivity index (χ0v) is 16.4. The minimum atomic E-state index is -0.232. The van der Waals surface area contributed by atoms with Crippen LogP contribution in [0, 0.1) is 11.7 Å². The molecule has 0 saturated carbocycles. The number of rotatable bonds is 3. The van der Waals surface area contributed by atoms with Crippen molar-refractivity contribution >= 4 is 29.0 Å². The smallest absolute Gasteiger partial charge is 0.227 e. The van der Waals surface area contributed by atoms with Crippen molar-refractivity contribution in [1.82, 2.24) is 15.1 Å². The number of nitrogens with zero attached hydrogens (tertiary/aromatic N) is 5. The van der Waals surface area contributed by atoms with Gasteiger partial charge in [-0.1, -0.05) is 11.6 Å². The highest BCUT2D eigenvalue weighted by atomic mass is 35.5. The van der Waals surface area contributed by atoms with Gasteiger partial charge in [0.1, 0.15) is 5.82 Å². The predicted octanol–water partition coefficient (Wildman–Crippen LogP) is 2.83. The van der Waals surface area contributed by atoms with Gasteiger partial charge in [0.15, 0.2) is 11.0 Å². The maximum atomic E-state index is 13.1. The maximum Gasteiger partial charge on any atom is 0.227 e. The third-order valence-corrected chi connectivity index (χ3v) is 5.70. The van der Waals surface area contributed by atoms with E-state index in [2.05, 4.69) is 20.0 Å². The molecule has 2 aromatic rings. The normalized spacial score (nSPS) is 20.4. The molecule has 2 aliphatic rings.